The lowest BCUT2D eigenvalue weighted by molar-refractivity contribution is 0.0372. The molecule has 0 aromatic carbocycles. The van der Waals surface area contributed by atoms with Gasteiger partial charge < -0.3 is 4.74 Å². The van der Waals surface area contributed by atoms with Crippen molar-refractivity contribution in [2.75, 3.05) is 32.8 Å². The molecule has 1 radical (unpaired) electrons. The van der Waals surface area contributed by atoms with Crippen LogP contribution in [0.3, 0.4) is 0 Å². The molecule has 18 heavy (non-hydrogen) atoms. The summed E-state index contributed by atoms with van der Waals surface area (Å²) in [4.78, 5) is 6.64. The third-order valence-electron chi connectivity index (χ3n) is 4.06. The average Bonchev–Trinajstić information content (AvgIpc) is 2.45. The van der Waals surface area contributed by atoms with Crippen LogP contribution < -0.4 is 0 Å². The van der Waals surface area contributed by atoms with Gasteiger partial charge in [-0.2, -0.15) is 0 Å². The first kappa shape index (κ1) is 13.7. The van der Waals surface area contributed by atoms with Gasteiger partial charge in [-0.25, -0.2) is 10.4 Å². The number of morpholine rings is 1. The molecule has 4 heteroatoms. The van der Waals surface area contributed by atoms with Gasteiger partial charge in [0, 0.05) is 19.6 Å². The second-order valence-electron chi connectivity index (χ2n) is 5.25. The van der Waals surface area contributed by atoms with Gasteiger partial charge in [-0.05, 0) is 25.2 Å². The highest BCUT2D eigenvalue weighted by atomic mass is 16.5. The lowest BCUT2D eigenvalue weighted by atomic mass is 9.83. The maximum Gasteiger partial charge on any atom is 0.102 e. The molecule has 0 unspecified atom stereocenters. The molecule has 0 spiro atoms. The molecule has 2 aliphatic rings. The number of rotatable bonds is 5. The number of hydrogen-bond acceptors (Lipinski definition) is 4. The van der Waals surface area contributed by atoms with Crippen LogP contribution in [-0.2, 0) is 4.74 Å². The quantitative estimate of drug-likeness (QED) is 0.762. The van der Waals surface area contributed by atoms with Gasteiger partial charge in [-0.15, -0.1) is 0 Å². The lowest BCUT2D eigenvalue weighted by Crippen LogP contribution is -2.37. The van der Waals surface area contributed by atoms with Gasteiger partial charge in [-0.1, -0.05) is 19.3 Å². The van der Waals surface area contributed by atoms with Crippen molar-refractivity contribution in [2.45, 2.75) is 38.5 Å². The fourth-order valence-corrected chi connectivity index (χ4v) is 2.96. The fourth-order valence-electron chi connectivity index (χ4n) is 2.96. The van der Waals surface area contributed by atoms with Crippen LogP contribution in [-0.4, -0.2) is 43.8 Å². The Bertz CT molecular complexity index is 277. The van der Waals surface area contributed by atoms with Gasteiger partial charge in [0.1, 0.15) is 6.04 Å². The number of nitrogens with one attached hydrogen (secondary N) is 1. The average molecular weight is 250 g/mol. The summed E-state index contributed by atoms with van der Waals surface area (Å²) in [5, 5.41) is 7.10. The van der Waals surface area contributed by atoms with Crippen LogP contribution in [0.2, 0.25) is 0 Å². The molecule has 0 atom stereocenters. The molecule has 1 saturated heterocycles. The molecule has 1 saturated carbocycles. The summed E-state index contributed by atoms with van der Waals surface area (Å²) in [5.41, 5.74) is 0. The normalized spacial score (nSPS) is 22.9. The smallest absolute Gasteiger partial charge is 0.102 e. The van der Waals surface area contributed by atoms with Crippen LogP contribution in [0.4, 0.5) is 0 Å². The predicted octanol–water partition coefficient (Wildman–Crippen LogP) is 2.57. The molecular weight excluding hydrogens is 226 g/mol. The first-order valence-corrected chi connectivity index (χ1v) is 7.18. The van der Waals surface area contributed by atoms with Crippen LogP contribution in [0, 0.1) is 17.4 Å². The lowest BCUT2D eigenvalue weighted by Gasteiger charge is -2.30. The van der Waals surface area contributed by atoms with Crippen LogP contribution in [0.25, 0.3) is 0 Å². The molecular formula is C14H24N3O. The SMILES string of the molecule is N=C=N[C](CCN1CCOCC1)C1CCCCC1. The molecule has 1 N–H and O–H groups in total. The largest absolute Gasteiger partial charge is 0.379 e. The van der Waals surface area contributed by atoms with Gasteiger partial charge in [0.25, 0.3) is 0 Å². The molecule has 0 aromatic heterocycles. The Morgan fingerprint density at radius 3 is 2.61 bits per heavy atom. The second-order valence-corrected chi connectivity index (χ2v) is 5.25. The van der Waals surface area contributed by atoms with Crippen molar-refractivity contribution in [3.8, 4) is 0 Å². The zero-order chi connectivity index (χ0) is 12.6. The van der Waals surface area contributed by atoms with E-state index in [9.17, 15) is 0 Å². The van der Waals surface area contributed by atoms with Gasteiger partial charge in [-0.3, -0.25) is 4.90 Å². The van der Waals surface area contributed by atoms with Crippen LogP contribution in [0.15, 0.2) is 4.99 Å². The van der Waals surface area contributed by atoms with Crippen LogP contribution >= 0.6 is 0 Å². The fraction of sp³-hybridized carbons (Fsp3) is 0.857. The minimum Gasteiger partial charge on any atom is -0.379 e. The highest BCUT2D eigenvalue weighted by molar-refractivity contribution is 5.38. The number of ether oxygens (including phenoxy) is 1. The summed E-state index contributed by atoms with van der Waals surface area (Å²) in [5.74, 6) is 0.609. The van der Waals surface area contributed by atoms with Crippen LogP contribution in [0.1, 0.15) is 38.5 Å². The maximum atomic E-state index is 7.10. The summed E-state index contributed by atoms with van der Waals surface area (Å²) in [7, 11) is 0. The van der Waals surface area contributed by atoms with E-state index in [0.717, 1.165) is 39.3 Å². The predicted molar refractivity (Wildman–Crippen MR) is 71.8 cm³/mol. The van der Waals surface area contributed by atoms with E-state index in [2.05, 4.69) is 15.9 Å². The molecule has 1 aliphatic carbocycles. The van der Waals surface area contributed by atoms with Crippen molar-refractivity contribution in [3.63, 3.8) is 0 Å². The minimum atomic E-state index is 0.609. The van der Waals surface area contributed by atoms with E-state index in [0.29, 0.717) is 5.92 Å². The van der Waals surface area contributed by atoms with E-state index in [-0.39, 0.29) is 0 Å². The number of nitrogens with zero attached hydrogens (tertiary/aromatic N) is 2. The van der Waals surface area contributed by atoms with E-state index >= 15 is 0 Å². The molecule has 2 rings (SSSR count). The number of hydrogen-bond donors (Lipinski definition) is 1. The molecule has 0 amide bonds. The third-order valence-corrected chi connectivity index (χ3v) is 4.06. The molecule has 0 bridgehead atoms. The molecule has 4 nitrogen and oxygen atoms in total. The van der Waals surface area contributed by atoms with Gasteiger partial charge >= 0.3 is 0 Å². The van der Waals surface area contributed by atoms with Gasteiger partial charge in [0.2, 0.25) is 0 Å². The van der Waals surface area contributed by atoms with Gasteiger partial charge in [0.15, 0.2) is 0 Å². The Hall–Kier alpha value is -0.700. The molecule has 101 valence electrons. The van der Waals surface area contributed by atoms with E-state index in [4.69, 9.17) is 10.1 Å². The Balaban J connectivity index is 1.79. The summed E-state index contributed by atoms with van der Waals surface area (Å²) in [6, 6.07) is 3.45. The van der Waals surface area contributed by atoms with Crippen molar-refractivity contribution in [2.24, 2.45) is 10.9 Å². The van der Waals surface area contributed by atoms with Crippen molar-refractivity contribution in [1.82, 2.24) is 4.90 Å². The van der Waals surface area contributed by atoms with E-state index < -0.39 is 0 Å². The molecule has 1 aliphatic heterocycles. The van der Waals surface area contributed by atoms with Gasteiger partial charge in [0.05, 0.1) is 19.2 Å². The zero-order valence-electron chi connectivity index (χ0n) is 11.2. The molecule has 2 fully saturated rings. The topological polar surface area (TPSA) is 48.7 Å². The Morgan fingerprint density at radius 2 is 1.94 bits per heavy atom. The summed E-state index contributed by atoms with van der Waals surface area (Å²) >= 11 is 0. The van der Waals surface area contributed by atoms with Crippen molar-refractivity contribution < 1.29 is 4.74 Å². The monoisotopic (exact) mass is 250 g/mol. The second kappa shape index (κ2) is 7.67. The highest BCUT2D eigenvalue weighted by Crippen LogP contribution is 2.33. The van der Waals surface area contributed by atoms with Crippen LogP contribution in [0.5, 0.6) is 0 Å². The zero-order valence-corrected chi connectivity index (χ0v) is 11.2. The Labute approximate surface area is 110 Å². The standard InChI is InChI=1S/C14H24N3O/c15-12-16-14(13-4-2-1-3-5-13)6-7-17-8-10-18-11-9-17/h13,15H,1-11H2. The summed E-state index contributed by atoms with van der Waals surface area (Å²) in [6.07, 6.45) is 7.50. The van der Waals surface area contributed by atoms with Crippen molar-refractivity contribution >= 4 is 6.01 Å². The minimum absolute atomic E-state index is 0.609. The van der Waals surface area contributed by atoms with E-state index in [1.807, 2.05) is 0 Å². The Kier molecular flexibility index (Phi) is 5.85. The first-order chi connectivity index (χ1) is 8.90. The van der Waals surface area contributed by atoms with Crippen molar-refractivity contribution in [3.05, 3.63) is 6.04 Å². The van der Waals surface area contributed by atoms with E-state index in [1.54, 1.807) is 0 Å². The summed E-state index contributed by atoms with van der Waals surface area (Å²) < 4.78 is 5.36. The summed E-state index contributed by atoms with van der Waals surface area (Å²) in [6.45, 7) is 4.83. The molecule has 1 heterocycles. The Morgan fingerprint density at radius 1 is 1.22 bits per heavy atom. The number of aliphatic imine (C=N–C) groups is 1. The van der Waals surface area contributed by atoms with Crippen molar-refractivity contribution in [1.29, 1.82) is 5.41 Å². The molecule has 0 aromatic rings. The third kappa shape index (κ3) is 4.20. The highest BCUT2D eigenvalue weighted by Gasteiger charge is 2.24. The maximum absolute atomic E-state index is 7.10. The van der Waals surface area contributed by atoms with E-state index in [1.165, 1.54) is 38.1 Å². The first-order valence-electron chi connectivity index (χ1n) is 7.18.